The van der Waals surface area contributed by atoms with E-state index < -0.39 is 5.97 Å². The Morgan fingerprint density at radius 1 is 1.06 bits per heavy atom. The van der Waals surface area contributed by atoms with Gasteiger partial charge in [0.05, 0.1) is 5.56 Å². The Hall–Kier alpha value is -2.29. The Labute approximate surface area is 106 Å². The van der Waals surface area contributed by atoms with Gasteiger partial charge in [-0.3, -0.25) is 0 Å². The highest BCUT2D eigenvalue weighted by molar-refractivity contribution is 5.97. The highest BCUT2D eigenvalue weighted by atomic mass is 16.4. The first-order valence-electron chi connectivity index (χ1n) is 5.69. The summed E-state index contributed by atoms with van der Waals surface area (Å²) in [6.45, 7) is 3.96. The van der Waals surface area contributed by atoms with Crippen LogP contribution in [0.1, 0.15) is 21.5 Å². The number of nitrogen functional groups attached to an aromatic ring is 1. The van der Waals surface area contributed by atoms with Crippen LogP contribution in [0.15, 0.2) is 36.4 Å². The van der Waals surface area contributed by atoms with Gasteiger partial charge in [0.25, 0.3) is 0 Å². The van der Waals surface area contributed by atoms with Crippen molar-refractivity contribution in [2.24, 2.45) is 0 Å². The maximum absolute atomic E-state index is 11.3. The summed E-state index contributed by atoms with van der Waals surface area (Å²) in [5.74, 6) is -0.960. The lowest BCUT2D eigenvalue weighted by Gasteiger charge is -2.11. The first-order chi connectivity index (χ1) is 8.49. The number of carboxylic acids is 1. The molecule has 0 amide bonds. The molecule has 0 aliphatic rings. The normalized spacial score (nSPS) is 10.3. The number of benzene rings is 2. The van der Waals surface area contributed by atoms with Crippen LogP contribution in [0.4, 0.5) is 5.69 Å². The lowest BCUT2D eigenvalue weighted by atomic mass is 9.94. The van der Waals surface area contributed by atoms with Crippen LogP contribution < -0.4 is 5.73 Å². The van der Waals surface area contributed by atoms with E-state index in [0.29, 0.717) is 11.3 Å². The fraction of sp³-hybridized carbons (Fsp3) is 0.133. The molecule has 3 heteroatoms. The van der Waals surface area contributed by atoms with E-state index in [1.807, 2.05) is 32.0 Å². The molecule has 0 unspecified atom stereocenters. The molecule has 18 heavy (non-hydrogen) atoms. The summed E-state index contributed by atoms with van der Waals surface area (Å²) in [6.07, 6.45) is 0. The van der Waals surface area contributed by atoms with Crippen molar-refractivity contribution in [2.75, 3.05) is 5.73 Å². The van der Waals surface area contributed by atoms with Crippen molar-refractivity contribution in [2.45, 2.75) is 13.8 Å². The zero-order valence-corrected chi connectivity index (χ0v) is 10.4. The number of hydrogen-bond donors (Lipinski definition) is 2. The van der Waals surface area contributed by atoms with Crippen molar-refractivity contribution < 1.29 is 9.90 Å². The second-order valence-corrected chi connectivity index (χ2v) is 4.43. The third kappa shape index (κ3) is 2.20. The largest absolute Gasteiger partial charge is 0.478 e. The zero-order chi connectivity index (χ0) is 13.3. The fourth-order valence-corrected chi connectivity index (χ4v) is 2.00. The van der Waals surface area contributed by atoms with Crippen LogP contribution in [-0.4, -0.2) is 11.1 Å². The molecule has 2 aromatic rings. The highest BCUT2D eigenvalue weighted by Gasteiger charge is 2.13. The third-order valence-electron chi connectivity index (χ3n) is 2.96. The van der Waals surface area contributed by atoms with Crippen LogP contribution in [-0.2, 0) is 0 Å². The minimum absolute atomic E-state index is 0.240. The second-order valence-electron chi connectivity index (χ2n) is 4.43. The number of nitrogens with two attached hydrogens (primary N) is 1. The third-order valence-corrected chi connectivity index (χ3v) is 2.96. The Kier molecular flexibility index (Phi) is 3.06. The van der Waals surface area contributed by atoms with E-state index in [4.69, 9.17) is 5.73 Å². The topological polar surface area (TPSA) is 63.3 Å². The number of rotatable bonds is 2. The molecule has 0 saturated carbocycles. The minimum Gasteiger partial charge on any atom is -0.478 e. The first-order valence-corrected chi connectivity index (χ1v) is 5.69. The summed E-state index contributed by atoms with van der Waals surface area (Å²) in [6, 6.07) is 11.0. The number of carboxylic acid groups (broad SMARTS) is 1. The van der Waals surface area contributed by atoms with Crippen molar-refractivity contribution in [1.29, 1.82) is 0 Å². The van der Waals surface area contributed by atoms with Gasteiger partial charge in [-0.05, 0) is 42.7 Å². The van der Waals surface area contributed by atoms with E-state index in [9.17, 15) is 9.90 Å². The van der Waals surface area contributed by atoms with E-state index in [0.717, 1.165) is 16.7 Å². The molecule has 2 aromatic carbocycles. The van der Waals surface area contributed by atoms with Gasteiger partial charge < -0.3 is 10.8 Å². The van der Waals surface area contributed by atoms with Gasteiger partial charge in [0, 0.05) is 5.69 Å². The standard InChI is InChI=1S/C15H15NO2/c1-9-3-4-10(2)13(7-9)12-6-5-11(16)8-14(12)15(17)18/h3-8H,16H2,1-2H3,(H,17,18). The molecule has 0 bridgehead atoms. The fourth-order valence-electron chi connectivity index (χ4n) is 2.00. The molecular formula is C15H15NO2. The molecule has 0 saturated heterocycles. The number of aromatic carboxylic acids is 1. The molecule has 0 spiro atoms. The summed E-state index contributed by atoms with van der Waals surface area (Å²) in [5, 5.41) is 9.26. The van der Waals surface area contributed by atoms with Gasteiger partial charge in [0.1, 0.15) is 0 Å². The lowest BCUT2D eigenvalue weighted by molar-refractivity contribution is 0.0698. The lowest BCUT2D eigenvalue weighted by Crippen LogP contribution is -2.02. The molecule has 0 aromatic heterocycles. The van der Waals surface area contributed by atoms with Crippen molar-refractivity contribution in [3.63, 3.8) is 0 Å². The summed E-state index contributed by atoms with van der Waals surface area (Å²) in [4.78, 5) is 11.3. The number of carbonyl (C=O) groups is 1. The van der Waals surface area contributed by atoms with Gasteiger partial charge in [-0.2, -0.15) is 0 Å². The van der Waals surface area contributed by atoms with E-state index in [1.54, 1.807) is 12.1 Å². The van der Waals surface area contributed by atoms with Gasteiger partial charge >= 0.3 is 5.97 Å². The molecule has 0 atom stereocenters. The van der Waals surface area contributed by atoms with E-state index >= 15 is 0 Å². The molecule has 0 fully saturated rings. The number of hydrogen-bond acceptors (Lipinski definition) is 2. The molecule has 3 N–H and O–H groups in total. The van der Waals surface area contributed by atoms with Gasteiger partial charge in [0.2, 0.25) is 0 Å². The number of anilines is 1. The zero-order valence-electron chi connectivity index (χ0n) is 10.4. The average molecular weight is 241 g/mol. The molecule has 3 nitrogen and oxygen atoms in total. The maximum Gasteiger partial charge on any atom is 0.336 e. The van der Waals surface area contributed by atoms with E-state index in [-0.39, 0.29) is 5.56 Å². The first kappa shape index (κ1) is 12.2. The Morgan fingerprint density at radius 3 is 2.44 bits per heavy atom. The smallest absolute Gasteiger partial charge is 0.336 e. The number of aryl methyl sites for hydroxylation is 2. The van der Waals surface area contributed by atoms with Crippen LogP contribution in [0.3, 0.4) is 0 Å². The second kappa shape index (κ2) is 4.53. The molecule has 0 aliphatic heterocycles. The molecule has 0 aliphatic carbocycles. The summed E-state index contributed by atoms with van der Waals surface area (Å²) in [7, 11) is 0. The molecule has 0 heterocycles. The monoisotopic (exact) mass is 241 g/mol. The quantitative estimate of drug-likeness (QED) is 0.793. The Morgan fingerprint density at radius 2 is 1.78 bits per heavy atom. The van der Waals surface area contributed by atoms with Crippen LogP contribution in [0.5, 0.6) is 0 Å². The molecule has 92 valence electrons. The predicted octanol–water partition coefficient (Wildman–Crippen LogP) is 3.25. The molecule has 2 rings (SSSR count). The van der Waals surface area contributed by atoms with Crippen LogP contribution in [0.2, 0.25) is 0 Å². The minimum atomic E-state index is -0.960. The van der Waals surface area contributed by atoms with E-state index in [1.165, 1.54) is 6.07 Å². The van der Waals surface area contributed by atoms with Crippen LogP contribution >= 0.6 is 0 Å². The van der Waals surface area contributed by atoms with Gasteiger partial charge in [-0.25, -0.2) is 4.79 Å². The van der Waals surface area contributed by atoms with Gasteiger partial charge in [0.15, 0.2) is 0 Å². The van der Waals surface area contributed by atoms with Crippen LogP contribution in [0, 0.1) is 13.8 Å². The molecule has 0 radical (unpaired) electrons. The van der Waals surface area contributed by atoms with Crippen LogP contribution in [0.25, 0.3) is 11.1 Å². The summed E-state index contributed by atoms with van der Waals surface area (Å²) < 4.78 is 0. The van der Waals surface area contributed by atoms with E-state index in [2.05, 4.69) is 0 Å². The Balaban J connectivity index is 2.70. The van der Waals surface area contributed by atoms with Crippen molar-refractivity contribution >= 4 is 11.7 Å². The maximum atomic E-state index is 11.3. The molecular weight excluding hydrogens is 226 g/mol. The van der Waals surface area contributed by atoms with Crippen molar-refractivity contribution in [1.82, 2.24) is 0 Å². The van der Waals surface area contributed by atoms with Crippen molar-refractivity contribution in [3.05, 3.63) is 53.1 Å². The predicted molar refractivity (Wildman–Crippen MR) is 72.7 cm³/mol. The summed E-state index contributed by atoms with van der Waals surface area (Å²) >= 11 is 0. The highest BCUT2D eigenvalue weighted by Crippen LogP contribution is 2.29. The van der Waals surface area contributed by atoms with Crippen molar-refractivity contribution in [3.8, 4) is 11.1 Å². The van der Waals surface area contributed by atoms with Gasteiger partial charge in [-0.1, -0.05) is 29.8 Å². The van der Waals surface area contributed by atoms with Gasteiger partial charge in [-0.15, -0.1) is 0 Å². The average Bonchev–Trinajstić information content (AvgIpc) is 2.32. The summed E-state index contributed by atoms with van der Waals surface area (Å²) in [5.41, 5.74) is 10.1. The SMILES string of the molecule is Cc1ccc(C)c(-c2ccc(N)cc2C(=O)O)c1. The Bertz CT molecular complexity index is 618.